The summed E-state index contributed by atoms with van der Waals surface area (Å²) in [6.07, 6.45) is 5.54. The third kappa shape index (κ3) is 3.99. The molecule has 9 nitrogen and oxygen atoms in total. The van der Waals surface area contributed by atoms with Gasteiger partial charge in [0.2, 0.25) is 12.7 Å². The van der Waals surface area contributed by atoms with Crippen LogP contribution in [0.2, 0.25) is 0 Å². The monoisotopic (exact) mass is 423 g/mol. The minimum Gasteiger partial charge on any atom is -0.454 e. The first-order chi connectivity index (χ1) is 15.1. The molecule has 1 aromatic carbocycles. The smallest absolute Gasteiger partial charge is 0.274 e. The van der Waals surface area contributed by atoms with Crippen molar-refractivity contribution in [2.45, 2.75) is 58.0 Å². The van der Waals surface area contributed by atoms with Crippen LogP contribution in [-0.4, -0.2) is 43.2 Å². The minimum atomic E-state index is -0.238. The quantitative estimate of drug-likeness (QED) is 0.676. The number of carbonyl (C=O) groups is 1. The van der Waals surface area contributed by atoms with E-state index in [0.29, 0.717) is 23.8 Å². The molecule has 1 aliphatic heterocycles. The lowest BCUT2D eigenvalue weighted by atomic mass is 9.93. The summed E-state index contributed by atoms with van der Waals surface area (Å²) >= 11 is 0. The third-order valence-corrected chi connectivity index (χ3v) is 5.95. The van der Waals surface area contributed by atoms with Crippen molar-refractivity contribution in [1.82, 2.24) is 24.5 Å². The zero-order valence-corrected chi connectivity index (χ0v) is 17.5. The molecule has 31 heavy (non-hydrogen) atoms. The van der Waals surface area contributed by atoms with Crippen LogP contribution in [0.3, 0.4) is 0 Å². The van der Waals surface area contributed by atoms with Crippen molar-refractivity contribution in [3.05, 3.63) is 51.7 Å². The molecule has 1 amide bonds. The van der Waals surface area contributed by atoms with Crippen LogP contribution in [0.4, 0.5) is 0 Å². The first kappa shape index (κ1) is 19.6. The highest BCUT2D eigenvalue weighted by Crippen LogP contribution is 2.33. The molecular formula is C22H25N5O4. The number of ether oxygens (including phenoxy) is 2. The fraction of sp³-hybridized carbons (Fsp3) is 0.455. The minimum absolute atomic E-state index is 0.0200. The van der Waals surface area contributed by atoms with Crippen LogP contribution in [0, 0.1) is 6.92 Å². The standard InChI is InChI=1S/C22H25N5O4/c1-14-9-21(29)27-22(23-14)24-19(25-27)11-20(28)26(16-5-3-2-4-6-16)12-15-7-8-17-18(10-15)31-13-30-17/h7-10,16H,2-6,11-13H2,1H3,(H,23,24,25). The molecule has 0 spiro atoms. The number of nitrogens with one attached hydrogen (secondary N) is 1. The third-order valence-electron chi connectivity index (χ3n) is 5.95. The highest BCUT2D eigenvalue weighted by molar-refractivity contribution is 5.78. The fourth-order valence-electron chi connectivity index (χ4n) is 4.41. The van der Waals surface area contributed by atoms with Crippen LogP contribution >= 0.6 is 0 Å². The van der Waals surface area contributed by atoms with E-state index < -0.39 is 0 Å². The summed E-state index contributed by atoms with van der Waals surface area (Å²) in [6.45, 7) is 2.47. The molecule has 2 aliphatic rings. The van der Waals surface area contributed by atoms with E-state index in [2.05, 4.69) is 15.1 Å². The second-order valence-corrected chi connectivity index (χ2v) is 8.22. The number of hydrogen-bond donors (Lipinski definition) is 1. The molecule has 1 fully saturated rings. The second kappa shape index (κ2) is 8.05. The number of nitrogens with zero attached hydrogens (tertiary/aromatic N) is 4. The summed E-state index contributed by atoms with van der Waals surface area (Å²) in [7, 11) is 0. The van der Waals surface area contributed by atoms with Crippen LogP contribution in [-0.2, 0) is 17.8 Å². The molecule has 1 saturated carbocycles. The van der Waals surface area contributed by atoms with E-state index in [4.69, 9.17) is 9.47 Å². The van der Waals surface area contributed by atoms with Crippen LogP contribution in [0.15, 0.2) is 29.1 Å². The number of aryl methyl sites for hydroxylation is 1. The normalized spacial score (nSPS) is 16.0. The first-order valence-corrected chi connectivity index (χ1v) is 10.7. The molecule has 2 aromatic heterocycles. The number of rotatable bonds is 5. The summed E-state index contributed by atoms with van der Waals surface area (Å²) in [5.41, 5.74) is 1.36. The number of hydrogen-bond acceptors (Lipinski definition) is 6. The van der Waals surface area contributed by atoms with Gasteiger partial charge in [0, 0.05) is 24.3 Å². The Hall–Kier alpha value is -3.36. The Morgan fingerprint density at radius 3 is 2.81 bits per heavy atom. The van der Waals surface area contributed by atoms with Gasteiger partial charge in [-0.15, -0.1) is 0 Å². The number of H-pyrrole nitrogens is 1. The number of aromatic nitrogens is 4. The molecule has 162 valence electrons. The van der Waals surface area contributed by atoms with E-state index in [-0.39, 0.29) is 36.5 Å². The van der Waals surface area contributed by atoms with Gasteiger partial charge in [-0.25, -0.2) is 4.98 Å². The maximum atomic E-state index is 13.4. The Morgan fingerprint density at radius 1 is 1.16 bits per heavy atom. The molecular weight excluding hydrogens is 398 g/mol. The Bertz CT molecular complexity index is 1180. The molecule has 0 radical (unpaired) electrons. The number of carbonyl (C=O) groups excluding carboxylic acids is 1. The average Bonchev–Trinajstić information content (AvgIpc) is 3.38. The summed E-state index contributed by atoms with van der Waals surface area (Å²) in [5, 5.41) is 2.92. The molecule has 9 heteroatoms. The Morgan fingerprint density at radius 2 is 1.97 bits per heavy atom. The van der Waals surface area contributed by atoms with E-state index in [1.165, 1.54) is 17.0 Å². The second-order valence-electron chi connectivity index (χ2n) is 8.22. The van der Waals surface area contributed by atoms with Gasteiger partial charge in [0.15, 0.2) is 11.5 Å². The van der Waals surface area contributed by atoms with Gasteiger partial charge >= 0.3 is 0 Å². The average molecular weight is 423 g/mol. The Kier molecular flexibility index (Phi) is 5.09. The summed E-state index contributed by atoms with van der Waals surface area (Å²) < 4.78 is 12.2. The van der Waals surface area contributed by atoms with Crippen molar-refractivity contribution in [2.75, 3.05) is 6.79 Å². The van der Waals surface area contributed by atoms with Gasteiger partial charge in [0.05, 0.1) is 6.42 Å². The predicted octanol–water partition coefficient (Wildman–Crippen LogP) is 2.36. The van der Waals surface area contributed by atoms with Gasteiger partial charge in [0.25, 0.3) is 11.3 Å². The molecule has 0 bridgehead atoms. The highest BCUT2D eigenvalue weighted by Gasteiger charge is 2.27. The van der Waals surface area contributed by atoms with Crippen molar-refractivity contribution >= 4 is 11.7 Å². The van der Waals surface area contributed by atoms with Crippen molar-refractivity contribution in [3.63, 3.8) is 0 Å². The molecule has 1 N–H and O–H groups in total. The number of fused-ring (bicyclic) bond motifs is 2. The summed E-state index contributed by atoms with van der Waals surface area (Å²) in [4.78, 5) is 36.1. The molecule has 0 saturated heterocycles. The highest BCUT2D eigenvalue weighted by atomic mass is 16.7. The molecule has 3 aromatic rings. The van der Waals surface area contributed by atoms with Crippen molar-refractivity contribution in [1.29, 1.82) is 0 Å². The maximum absolute atomic E-state index is 13.4. The first-order valence-electron chi connectivity index (χ1n) is 10.7. The fourth-order valence-corrected chi connectivity index (χ4v) is 4.41. The van der Waals surface area contributed by atoms with Crippen LogP contribution in [0.5, 0.6) is 11.5 Å². The lowest BCUT2D eigenvalue weighted by Crippen LogP contribution is -2.41. The van der Waals surface area contributed by atoms with E-state index in [1.54, 1.807) is 6.92 Å². The van der Waals surface area contributed by atoms with Crippen molar-refractivity contribution in [3.8, 4) is 11.5 Å². The zero-order valence-electron chi connectivity index (χ0n) is 17.5. The number of amides is 1. The van der Waals surface area contributed by atoms with Gasteiger partial charge in [-0.05, 0) is 37.5 Å². The lowest BCUT2D eigenvalue weighted by molar-refractivity contribution is -0.134. The van der Waals surface area contributed by atoms with E-state index >= 15 is 0 Å². The van der Waals surface area contributed by atoms with Crippen LogP contribution in [0.1, 0.15) is 49.2 Å². The van der Waals surface area contributed by atoms with Crippen molar-refractivity contribution < 1.29 is 14.3 Å². The summed E-state index contributed by atoms with van der Waals surface area (Å²) in [6, 6.07) is 7.44. The largest absolute Gasteiger partial charge is 0.454 e. The van der Waals surface area contributed by atoms with Gasteiger partial charge in [-0.3, -0.25) is 14.7 Å². The molecule has 0 unspecified atom stereocenters. The van der Waals surface area contributed by atoms with E-state index in [1.807, 2.05) is 23.1 Å². The Balaban J connectivity index is 1.40. The van der Waals surface area contributed by atoms with Gasteiger partial charge in [-0.2, -0.15) is 9.50 Å². The van der Waals surface area contributed by atoms with Gasteiger partial charge < -0.3 is 14.4 Å². The number of aromatic amines is 1. The summed E-state index contributed by atoms with van der Waals surface area (Å²) in [5.74, 6) is 2.15. The maximum Gasteiger partial charge on any atom is 0.274 e. The molecule has 3 heterocycles. The molecule has 0 atom stereocenters. The predicted molar refractivity (Wildman–Crippen MR) is 112 cm³/mol. The molecule has 1 aliphatic carbocycles. The SMILES string of the molecule is Cc1cc(=O)n2[nH]c(CC(=O)N(Cc3ccc4c(c3)OCO4)C3CCCCC3)nc2n1. The van der Waals surface area contributed by atoms with Gasteiger partial charge in [-0.1, -0.05) is 25.3 Å². The van der Waals surface area contributed by atoms with Crippen LogP contribution in [0.25, 0.3) is 5.78 Å². The topological polar surface area (TPSA) is 102 Å². The lowest BCUT2D eigenvalue weighted by Gasteiger charge is -2.34. The van der Waals surface area contributed by atoms with Crippen LogP contribution < -0.4 is 15.0 Å². The zero-order chi connectivity index (χ0) is 21.4. The number of benzene rings is 1. The Labute approximate surface area is 179 Å². The van der Waals surface area contributed by atoms with Crippen molar-refractivity contribution in [2.24, 2.45) is 0 Å². The van der Waals surface area contributed by atoms with Gasteiger partial charge in [0.1, 0.15) is 5.82 Å². The van der Waals surface area contributed by atoms with E-state index in [9.17, 15) is 9.59 Å². The van der Waals surface area contributed by atoms with E-state index in [0.717, 1.165) is 37.0 Å². The molecule has 5 rings (SSSR count).